The Kier molecular flexibility index (Phi) is 3.89. The van der Waals surface area contributed by atoms with Crippen molar-refractivity contribution < 1.29 is 18.8 Å². The molecule has 0 unspecified atom stereocenters. The van der Waals surface area contributed by atoms with Crippen molar-refractivity contribution in [2.24, 2.45) is 0 Å². The van der Waals surface area contributed by atoms with Gasteiger partial charge in [0.2, 0.25) is 0 Å². The molecule has 1 aromatic heterocycles. The van der Waals surface area contributed by atoms with Crippen LogP contribution < -0.4 is 4.74 Å². The number of aromatic nitrogens is 1. The molecule has 3 rings (SSSR count). The molecule has 5 heteroatoms. The van der Waals surface area contributed by atoms with Gasteiger partial charge in [-0.3, -0.25) is 0 Å². The minimum atomic E-state index is -0.372. The molecule has 1 heterocycles. The zero-order valence-corrected chi connectivity index (χ0v) is 11.9. The minimum Gasteiger partial charge on any atom is -0.496 e. The van der Waals surface area contributed by atoms with E-state index >= 15 is 0 Å². The van der Waals surface area contributed by atoms with E-state index in [-0.39, 0.29) is 12.4 Å². The van der Waals surface area contributed by atoms with Crippen molar-refractivity contribution in [1.82, 2.24) is 5.16 Å². The second-order valence-electron chi connectivity index (χ2n) is 4.71. The molecule has 0 saturated heterocycles. The number of aliphatic hydroxyl groups excluding tert-OH is 1. The number of rotatable bonds is 4. The molecule has 0 amide bonds. The lowest BCUT2D eigenvalue weighted by Crippen LogP contribution is -1.92. The van der Waals surface area contributed by atoms with Crippen molar-refractivity contribution >= 4 is 0 Å². The molecule has 22 heavy (non-hydrogen) atoms. The van der Waals surface area contributed by atoms with E-state index in [0.717, 1.165) is 0 Å². The summed E-state index contributed by atoms with van der Waals surface area (Å²) in [4.78, 5) is 0. The number of ether oxygens (including phenoxy) is 1. The van der Waals surface area contributed by atoms with E-state index in [0.29, 0.717) is 33.9 Å². The first-order chi connectivity index (χ1) is 10.7. The van der Waals surface area contributed by atoms with E-state index in [9.17, 15) is 9.50 Å². The molecule has 0 radical (unpaired) electrons. The molecule has 0 atom stereocenters. The monoisotopic (exact) mass is 299 g/mol. The maximum atomic E-state index is 13.4. The van der Waals surface area contributed by atoms with Crippen molar-refractivity contribution in [1.29, 1.82) is 0 Å². The van der Waals surface area contributed by atoms with Crippen molar-refractivity contribution in [3.8, 4) is 28.3 Å². The molecule has 2 aromatic carbocycles. The Morgan fingerprint density at radius 3 is 2.73 bits per heavy atom. The number of para-hydroxylation sites is 1. The van der Waals surface area contributed by atoms with Crippen LogP contribution in [0, 0.1) is 5.82 Å². The molecule has 112 valence electrons. The predicted molar refractivity (Wildman–Crippen MR) is 79.8 cm³/mol. The SMILES string of the molecule is COc1ccccc1-c1onc(-c2cccc(F)c2)c1CO. The Morgan fingerprint density at radius 2 is 2.00 bits per heavy atom. The third-order valence-electron chi connectivity index (χ3n) is 3.40. The van der Waals surface area contributed by atoms with Crippen LogP contribution in [-0.2, 0) is 6.61 Å². The summed E-state index contributed by atoms with van der Waals surface area (Å²) in [5, 5.41) is 13.7. The zero-order chi connectivity index (χ0) is 15.5. The maximum absolute atomic E-state index is 13.4. The fraction of sp³-hybridized carbons (Fsp3) is 0.118. The van der Waals surface area contributed by atoms with Gasteiger partial charge in [0.05, 0.1) is 24.8 Å². The van der Waals surface area contributed by atoms with Crippen molar-refractivity contribution in [2.45, 2.75) is 6.61 Å². The lowest BCUT2D eigenvalue weighted by atomic mass is 10.0. The van der Waals surface area contributed by atoms with Crippen LogP contribution >= 0.6 is 0 Å². The van der Waals surface area contributed by atoms with Crippen molar-refractivity contribution in [3.05, 3.63) is 59.9 Å². The Morgan fingerprint density at radius 1 is 1.18 bits per heavy atom. The first kappa shape index (κ1) is 14.3. The van der Waals surface area contributed by atoms with E-state index in [1.807, 2.05) is 18.2 Å². The van der Waals surface area contributed by atoms with Crippen molar-refractivity contribution in [3.63, 3.8) is 0 Å². The highest BCUT2D eigenvalue weighted by Gasteiger charge is 2.20. The van der Waals surface area contributed by atoms with Gasteiger partial charge in [-0.2, -0.15) is 0 Å². The van der Waals surface area contributed by atoms with Gasteiger partial charge in [-0.1, -0.05) is 29.4 Å². The quantitative estimate of drug-likeness (QED) is 0.799. The van der Waals surface area contributed by atoms with Crippen LogP contribution in [-0.4, -0.2) is 17.4 Å². The largest absolute Gasteiger partial charge is 0.496 e. The Hall–Kier alpha value is -2.66. The lowest BCUT2D eigenvalue weighted by Gasteiger charge is -2.06. The summed E-state index contributed by atoms with van der Waals surface area (Å²) in [7, 11) is 1.56. The number of halogens is 1. The van der Waals surface area contributed by atoms with E-state index in [1.165, 1.54) is 12.1 Å². The second-order valence-corrected chi connectivity index (χ2v) is 4.71. The number of nitrogens with zero attached hydrogens (tertiary/aromatic N) is 1. The van der Waals surface area contributed by atoms with Gasteiger partial charge < -0.3 is 14.4 Å². The van der Waals surface area contributed by atoms with Gasteiger partial charge >= 0.3 is 0 Å². The second kappa shape index (κ2) is 5.99. The summed E-state index contributed by atoms with van der Waals surface area (Å²) >= 11 is 0. The van der Waals surface area contributed by atoms with Gasteiger partial charge in [-0.05, 0) is 24.3 Å². The summed E-state index contributed by atoms with van der Waals surface area (Å²) in [6.45, 7) is -0.275. The number of aliphatic hydroxyl groups is 1. The molecule has 0 spiro atoms. The smallest absolute Gasteiger partial charge is 0.176 e. The first-order valence-electron chi connectivity index (χ1n) is 6.73. The van der Waals surface area contributed by atoms with E-state index in [4.69, 9.17) is 9.26 Å². The van der Waals surface area contributed by atoms with Gasteiger partial charge in [0.15, 0.2) is 5.76 Å². The summed E-state index contributed by atoms with van der Waals surface area (Å²) in [5.41, 5.74) is 2.15. The number of benzene rings is 2. The Balaban J connectivity index is 2.16. The molecule has 0 aliphatic carbocycles. The lowest BCUT2D eigenvalue weighted by molar-refractivity contribution is 0.281. The molecule has 0 aliphatic heterocycles. The third kappa shape index (κ3) is 2.46. The van der Waals surface area contributed by atoms with Gasteiger partial charge in [-0.25, -0.2) is 4.39 Å². The van der Waals surface area contributed by atoms with E-state index in [1.54, 1.807) is 25.3 Å². The zero-order valence-electron chi connectivity index (χ0n) is 11.9. The van der Waals surface area contributed by atoms with Crippen LogP contribution in [0.25, 0.3) is 22.6 Å². The van der Waals surface area contributed by atoms with Gasteiger partial charge in [-0.15, -0.1) is 0 Å². The topological polar surface area (TPSA) is 55.5 Å². The molecular weight excluding hydrogens is 285 g/mol. The molecule has 1 N–H and O–H groups in total. The van der Waals surface area contributed by atoms with Gasteiger partial charge in [0, 0.05) is 5.56 Å². The summed E-state index contributed by atoms with van der Waals surface area (Å²) in [5.74, 6) is 0.654. The summed E-state index contributed by atoms with van der Waals surface area (Å²) < 4.78 is 24.1. The molecule has 0 bridgehead atoms. The Labute approximate surface area is 126 Å². The predicted octanol–water partition coefficient (Wildman–Crippen LogP) is 3.65. The van der Waals surface area contributed by atoms with Crippen LogP contribution in [0.5, 0.6) is 5.75 Å². The number of hydrogen-bond acceptors (Lipinski definition) is 4. The molecular formula is C17H14FNO3. The van der Waals surface area contributed by atoms with Crippen LogP contribution in [0.1, 0.15) is 5.56 Å². The molecule has 0 fully saturated rings. The van der Waals surface area contributed by atoms with Crippen LogP contribution in [0.2, 0.25) is 0 Å². The highest BCUT2D eigenvalue weighted by molar-refractivity contribution is 5.75. The standard InChI is InChI=1S/C17H14FNO3/c1-21-15-8-3-2-7-13(15)17-14(10-20)16(19-22-17)11-5-4-6-12(18)9-11/h2-9,20H,10H2,1H3. The summed E-state index contributed by atoms with van der Waals surface area (Å²) in [6, 6.07) is 13.3. The average Bonchev–Trinajstić information content (AvgIpc) is 2.98. The molecule has 0 aliphatic rings. The molecule has 3 aromatic rings. The Bertz CT molecular complexity index is 798. The van der Waals surface area contributed by atoms with E-state index in [2.05, 4.69) is 5.16 Å². The fourth-order valence-corrected chi connectivity index (χ4v) is 2.36. The maximum Gasteiger partial charge on any atom is 0.176 e. The normalized spacial score (nSPS) is 10.7. The van der Waals surface area contributed by atoms with Crippen LogP contribution in [0.15, 0.2) is 53.1 Å². The minimum absolute atomic E-state index is 0.275. The average molecular weight is 299 g/mol. The third-order valence-corrected chi connectivity index (χ3v) is 3.40. The van der Waals surface area contributed by atoms with Gasteiger partial charge in [0.1, 0.15) is 17.3 Å². The van der Waals surface area contributed by atoms with Crippen LogP contribution in [0.4, 0.5) is 4.39 Å². The molecule has 4 nitrogen and oxygen atoms in total. The fourth-order valence-electron chi connectivity index (χ4n) is 2.36. The van der Waals surface area contributed by atoms with E-state index < -0.39 is 0 Å². The highest BCUT2D eigenvalue weighted by Crippen LogP contribution is 2.36. The summed E-state index contributed by atoms with van der Waals surface area (Å²) in [6.07, 6.45) is 0. The number of methoxy groups -OCH3 is 1. The van der Waals surface area contributed by atoms with Gasteiger partial charge in [0.25, 0.3) is 0 Å². The number of hydrogen-bond donors (Lipinski definition) is 1. The van der Waals surface area contributed by atoms with Crippen LogP contribution in [0.3, 0.4) is 0 Å². The first-order valence-corrected chi connectivity index (χ1v) is 6.73. The van der Waals surface area contributed by atoms with Crippen molar-refractivity contribution in [2.75, 3.05) is 7.11 Å². The molecule has 0 saturated carbocycles. The highest BCUT2D eigenvalue weighted by atomic mass is 19.1.